The highest BCUT2D eigenvalue weighted by molar-refractivity contribution is 5.69. The van der Waals surface area contributed by atoms with E-state index < -0.39 is 0 Å². The third-order valence-electron chi connectivity index (χ3n) is 4.63. The van der Waals surface area contributed by atoms with Crippen LogP contribution in [0.3, 0.4) is 0 Å². The predicted molar refractivity (Wildman–Crippen MR) is 107 cm³/mol. The Labute approximate surface area is 161 Å². The van der Waals surface area contributed by atoms with E-state index in [0.717, 1.165) is 64.2 Å². The number of unbranched alkanes of at least 4 members (excludes halogenated alkanes) is 5. The van der Waals surface area contributed by atoms with E-state index in [9.17, 15) is 9.59 Å². The van der Waals surface area contributed by atoms with Crippen LogP contribution in [0.5, 0.6) is 0 Å². The van der Waals surface area contributed by atoms with E-state index in [1.807, 2.05) is 0 Å². The standard InChI is InChI=1S/C22H42O4/c1-5-13-19(3)17-25-21(23)15-11-9-7-8-10-12-16-22(24)26-18-20(4)14-6-2/h19-20H,5-18H2,1-4H3. The molecule has 2 unspecified atom stereocenters. The molecule has 0 aromatic carbocycles. The van der Waals surface area contributed by atoms with E-state index in [1.165, 1.54) is 0 Å². The fourth-order valence-corrected chi connectivity index (χ4v) is 3.01. The molecule has 0 saturated carbocycles. The molecule has 0 aliphatic carbocycles. The van der Waals surface area contributed by atoms with Gasteiger partial charge in [-0.25, -0.2) is 0 Å². The Hall–Kier alpha value is -1.06. The summed E-state index contributed by atoms with van der Waals surface area (Å²) < 4.78 is 10.6. The van der Waals surface area contributed by atoms with Crippen LogP contribution < -0.4 is 0 Å². The van der Waals surface area contributed by atoms with Crippen molar-refractivity contribution in [1.29, 1.82) is 0 Å². The summed E-state index contributed by atoms with van der Waals surface area (Å²) in [5.74, 6) is 0.803. The summed E-state index contributed by atoms with van der Waals surface area (Å²) in [6, 6.07) is 0. The van der Waals surface area contributed by atoms with Crippen LogP contribution in [0.2, 0.25) is 0 Å². The number of esters is 2. The molecule has 4 nitrogen and oxygen atoms in total. The van der Waals surface area contributed by atoms with E-state index in [4.69, 9.17) is 9.47 Å². The second-order valence-corrected chi connectivity index (χ2v) is 7.78. The number of ether oxygens (including phenoxy) is 2. The smallest absolute Gasteiger partial charge is 0.305 e. The van der Waals surface area contributed by atoms with Gasteiger partial charge in [0.05, 0.1) is 13.2 Å². The molecule has 2 atom stereocenters. The molecule has 0 radical (unpaired) electrons. The number of carbonyl (C=O) groups excluding carboxylic acids is 2. The SMILES string of the molecule is CCCC(C)COC(=O)CCCCCCCCC(=O)OCC(C)CCC. The van der Waals surface area contributed by atoms with Crippen molar-refractivity contribution >= 4 is 11.9 Å². The van der Waals surface area contributed by atoms with E-state index >= 15 is 0 Å². The molecule has 4 heteroatoms. The average molecular weight is 371 g/mol. The van der Waals surface area contributed by atoms with Crippen molar-refractivity contribution in [2.45, 2.75) is 105 Å². The average Bonchev–Trinajstić information content (AvgIpc) is 2.61. The molecule has 0 spiro atoms. The summed E-state index contributed by atoms with van der Waals surface area (Å²) in [5, 5.41) is 0. The molecule has 0 amide bonds. The van der Waals surface area contributed by atoms with Gasteiger partial charge < -0.3 is 9.47 Å². The molecule has 0 aromatic heterocycles. The van der Waals surface area contributed by atoms with E-state index in [2.05, 4.69) is 27.7 Å². The van der Waals surface area contributed by atoms with Crippen molar-refractivity contribution in [2.75, 3.05) is 13.2 Å². The fourth-order valence-electron chi connectivity index (χ4n) is 3.01. The predicted octanol–water partition coefficient (Wildman–Crippen LogP) is 6.07. The lowest BCUT2D eigenvalue weighted by molar-refractivity contribution is -0.146. The number of rotatable bonds is 17. The second kappa shape index (κ2) is 17.4. The van der Waals surface area contributed by atoms with Gasteiger partial charge in [-0.2, -0.15) is 0 Å². The summed E-state index contributed by atoms with van der Waals surface area (Å²) in [5.41, 5.74) is 0. The zero-order chi connectivity index (χ0) is 19.6. The van der Waals surface area contributed by atoms with Crippen molar-refractivity contribution in [3.05, 3.63) is 0 Å². The maximum absolute atomic E-state index is 11.6. The van der Waals surface area contributed by atoms with Crippen LogP contribution in [-0.2, 0) is 19.1 Å². The van der Waals surface area contributed by atoms with Crippen LogP contribution in [0, 0.1) is 11.8 Å². The van der Waals surface area contributed by atoms with Gasteiger partial charge in [-0.3, -0.25) is 9.59 Å². The molecule has 0 rings (SSSR count). The second-order valence-electron chi connectivity index (χ2n) is 7.78. The molecule has 0 fully saturated rings. The third-order valence-corrected chi connectivity index (χ3v) is 4.63. The fraction of sp³-hybridized carbons (Fsp3) is 0.909. The van der Waals surface area contributed by atoms with Crippen molar-refractivity contribution in [2.24, 2.45) is 11.8 Å². The third kappa shape index (κ3) is 16.4. The molecule has 0 N–H and O–H groups in total. The highest BCUT2D eigenvalue weighted by Crippen LogP contribution is 2.11. The molecular formula is C22H42O4. The van der Waals surface area contributed by atoms with Crippen LogP contribution in [0.4, 0.5) is 0 Å². The first-order valence-electron chi connectivity index (χ1n) is 10.8. The maximum Gasteiger partial charge on any atom is 0.305 e. The molecule has 0 aromatic rings. The quantitative estimate of drug-likeness (QED) is 0.230. The Balaban J connectivity index is 3.40. The van der Waals surface area contributed by atoms with E-state index in [0.29, 0.717) is 37.9 Å². The molecule has 26 heavy (non-hydrogen) atoms. The van der Waals surface area contributed by atoms with Gasteiger partial charge in [0, 0.05) is 12.8 Å². The topological polar surface area (TPSA) is 52.6 Å². The van der Waals surface area contributed by atoms with Gasteiger partial charge in [-0.05, 0) is 37.5 Å². The lowest BCUT2D eigenvalue weighted by atomic mass is 10.1. The normalized spacial score (nSPS) is 13.2. The van der Waals surface area contributed by atoms with Crippen LogP contribution in [0.1, 0.15) is 105 Å². The van der Waals surface area contributed by atoms with Gasteiger partial charge in [-0.15, -0.1) is 0 Å². The molecule has 154 valence electrons. The van der Waals surface area contributed by atoms with E-state index in [-0.39, 0.29) is 11.9 Å². The first kappa shape index (κ1) is 24.9. The Morgan fingerprint density at radius 1 is 0.654 bits per heavy atom. The lowest BCUT2D eigenvalue weighted by Gasteiger charge is -2.11. The minimum absolute atomic E-state index is 0.0620. The lowest BCUT2D eigenvalue weighted by Crippen LogP contribution is -2.11. The highest BCUT2D eigenvalue weighted by atomic mass is 16.5. The molecule has 0 aliphatic rings. The van der Waals surface area contributed by atoms with Crippen LogP contribution in [-0.4, -0.2) is 25.2 Å². The van der Waals surface area contributed by atoms with Gasteiger partial charge in [0.1, 0.15) is 0 Å². The summed E-state index contributed by atoms with van der Waals surface area (Å²) in [4.78, 5) is 23.3. The summed E-state index contributed by atoms with van der Waals surface area (Å²) in [7, 11) is 0. The van der Waals surface area contributed by atoms with Gasteiger partial charge in [0.25, 0.3) is 0 Å². The zero-order valence-electron chi connectivity index (χ0n) is 17.7. The first-order chi connectivity index (χ1) is 12.5. The van der Waals surface area contributed by atoms with Crippen molar-refractivity contribution in [1.82, 2.24) is 0 Å². The van der Waals surface area contributed by atoms with Crippen molar-refractivity contribution < 1.29 is 19.1 Å². The number of hydrogen-bond acceptors (Lipinski definition) is 4. The van der Waals surface area contributed by atoms with Crippen molar-refractivity contribution in [3.8, 4) is 0 Å². The van der Waals surface area contributed by atoms with E-state index in [1.54, 1.807) is 0 Å². The largest absolute Gasteiger partial charge is 0.465 e. The van der Waals surface area contributed by atoms with Gasteiger partial charge in [0.15, 0.2) is 0 Å². The number of carbonyl (C=O) groups is 2. The molecular weight excluding hydrogens is 328 g/mol. The van der Waals surface area contributed by atoms with Crippen LogP contribution >= 0.6 is 0 Å². The monoisotopic (exact) mass is 370 g/mol. The molecule has 0 bridgehead atoms. The maximum atomic E-state index is 11.6. The summed E-state index contributed by atoms with van der Waals surface area (Å²) >= 11 is 0. The van der Waals surface area contributed by atoms with Gasteiger partial charge >= 0.3 is 11.9 Å². The zero-order valence-corrected chi connectivity index (χ0v) is 17.7. The number of hydrogen-bond donors (Lipinski definition) is 0. The first-order valence-corrected chi connectivity index (χ1v) is 10.8. The molecule has 0 heterocycles. The van der Waals surface area contributed by atoms with Gasteiger partial charge in [-0.1, -0.05) is 66.2 Å². The Bertz CT molecular complexity index is 320. The van der Waals surface area contributed by atoms with Crippen molar-refractivity contribution in [3.63, 3.8) is 0 Å². The minimum Gasteiger partial charge on any atom is -0.465 e. The highest BCUT2D eigenvalue weighted by Gasteiger charge is 2.08. The Kier molecular flexibility index (Phi) is 16.7. The van der Waals surface area contributed by atoms with Crippen LogP contribution in [0.15, 0.2) is 0 Å². The Morgan fingerprint density at radius 2 is 1.00 bits per heavy atom. The molecule has 0 aliphatic heterocycles. The molecule has 0 saturated heterocycles. The summed E-state index contributed by atoms with van der Waals surface area (Å²) in [6.45, 7) is 9.65. The Morgan fingerprint density at radius 3 is 1.35 bits per heavy atom. The summed E-state index contributed by atoms with van der Waals surface area (Å²) in [6.07, 6.45) is 11.7. The van der Waals surface area contributed by atoms with Gasteiger partial charge in [0.2, 0.25) is 0 Å². The minimum atomic E-state index is -0.0620. The van der Waals surface area contributed by atoms with Crippen LogP contribution in [0.25, 0.3) is 0 Å².